The van der Waals surface area contributed by atoms with E-state index in [2.05, 4.69) is 15.9 Å². The Balaban J connectivity index is 2.97. The number of benzene rings is 1. The van der Waals surface area contributed by atoms with E-state index >= 15 is 0 Å². The van der Waals surface area contributed by atoms with Gasteiger partial charge in [0.05, 0.1) is 0 Å². The first-order chi connectivity index (χ1) is 5.59. The van der Waals surface area contributed by atoms with Crippen LogP contribution in [0.2, 0.25) is 0 Å². The molecule has 0 radical (unpaired) electrons. The van der Waals surface area contributed by atoms with Crippen LogP contribution in [0, 0.1) is 6.92 Å². The zero-order chi connectivity index (χ0) is 9.14. The molecule has 0 amide bonds. The molecule has 0 atom stereocenters. The van der Waals surface area contributed by atoms with Crippen molar-refractivity contribution >= 4 is 33.0 Å². The van der Waals surface area contributed by atoms with E-state index < -0.39 is 5.43 Å². The van der Waals surface area contributed by atoms with Crippen LogP contribution in [0.3, 0.4) is 0 Å². The fraction of sp³-hybridized carbons (Fsp3) is 0.125. The molecule has 0 aliphatic rings. The van der Waals surface area contributed by atoms with Crippen molar-refractivity contribution in [1.82, 2.24) is 0 Å². The van der Waals surface area contributed by atoms with Crippen LogP contribution in [0.25, 0.3) is 0 Å². The van der Waals surface area contributed by atoms with Crippen molar-refractivity contribution in [2.75, 3.05) is 0 Å². The maximum atomic E-state index is 10.4. The van der Waals surface area contributed by atoms with E-state index in [-0.39, 0.29) is 0 Å². The Kier molecular flexibility index (Phi) is 3.12. The van der Waals surface area contributed by atoms with Crippen molar-refractivity contribution < 1.29 is 9.53 Å². The Morgan fingerprint density at radius 3 is 2.83 bits per heavy atom. The number of hydrogen-bond acceptors (Lipinski definition) is 2. The van der Waals surface area contributed by atoms with Gasteiger partial charge in [0.1, 0.15) is 5.75 Å². The second kappa shape index (κ2) is 3.92. The highest BCUT2D eigenvalue weighted by Crippen LogP contribution is 2.23. The molecule has 4 heteroatoms. The van der Waals surface area contributed by atoms with Gasteiger partial charge in [-0.05, 0) is 24.6 Å². The molecular weight excluding hydrogens is 243 g/mol. The molecule has 1 aromatic rings. The summed E-state index contributed by atoms with van der Waals surface area (Å²) < 4.78 is 5.57. The second-order valence-electron chi connectivity index (χ2n) is 2.25. The van der Waals surface area contributed by atoms with E-state index in [1.807, 2.05) is 19.1 Å². The summed E-state index contributed by atoms with van der Waals surface area (Å²) in [6.45, 7) is 1.83. The van der Waals surface area contributed by atoms with Gasteiger partial charge in [-0.15, -0.1) is 0 Å². The molecule has 0 aromatic heterocycles. The number of halogens is 2. The van der Waals surface area contributed by atoms with Crippen LogP contribution in [0.4, 0.5) is 4.79 Å². The zero-order valence-corrected chi connectivity index (χ0v) is 8.65. The Morgan fingerprint density at radius 2 is 2.25 bits per heavy atom. The normalized spacial score (nSPS) is 9.58. The lowest BCUT2D eigenvalue weighted by atomic mass is 10.2. The van der Waals surface area contributed by atoms with Crippen molar-refractivity contribution in [3.8, 4) is 5.75 Å². The maximum absolute atomic E-state index is 10.4. The fourth-order valence-electron chi connectivity index (χ4n) is 0.770. The van der Waals surface area contributed by atoms with Gasteiger partial charge in [0.2, 0.25) is 0 Å². The van der Waals surface area contributed by atoms with Gasteiger partial charge < -0.3 is 4.74 Å². The molecule has 0 saturated carbocycles. The molecule has 0 bridgehead atoms. The van der Waals surface area contributed by atoms with Gasteiger partial charge in [0.25, 0.3) is 0 Å². The highest BCUT2D eigenvalue weighted by molar-refractivity contribution is 9.10. The van der Waals surface area contributed by atoms with Crippen LogP contribution in [0.1, 0.15) is 5.56 Å². The Morgan fingerprint density at radius 1 is 1.58 bits per heavy atom. The second-order valence-corrected chi connectivity index (χ2v) is 3.47. The lowest BCUT2D eigenvalue weighted by Crippen LogP contribution is -1.97. The molecule has 1 aromatic carbocycles. The van der Waals surface area contributed by atoms with Gasteiger partial charge in [-0.2, -0.15) is 0 Å². The highest BCUT2D eigenvalue weighted by atomic mass is 79.9. The summed E-state index contributed by atoms with van der Waals surface area (Å²) in [7, 11) is 0. The van der Waals surface area contributed by atoms with Crippen LogP contribution in [-0.4, -0.2) is 5.43 Å². The number of rotatable bonds is 1. The molecule has 2 nitrogen and oxygen atoms in total. The first kappa shape index (κ1) is 9.55. The van der Waals surface area contributed by atoms with E-state index in [9.17, 15) is 4.79 Å². The Labute approximate surface area is 83.6 Å². The first-order valence-electron chi connectivity index (χ1n) is 3.23. The smallest absolute Gasteiger partial charge is 0.409 e. The van der Waals surface area contributed by atoms with Crippen molar-refractivity contribution in [2.45, 2.75) is 6.92 Å². The zero-order valence-electron chi connectivity index (χ0n) is 6.30. The fourth-order valence-corrected chi connectivity index (χ4v) is 1.19. The average Bonchev–Trinajstić information content (AvgIpc) is 1.96. The molecule has 0 aliphatic heterocycles. The highest BCUT2D eigenvalue weighted by Gasteiger charge is 2.03. The molecule has 12 heavy (non-hydrogen) atoms. The summed E-state index contributed by atoms with van der Waals surface area (Å²) in [5, 5.41) is 0. The number of aryl methyl sites for hydroxylation is 1. The van der Waals surface area contributed by atoms with Crippen molar-refractivity contribution in [2.24, 2.45) is 0 Å². The van der Waals surface area contributed by atoms with Crippen molar-refractivity contribution in [3.63, 3.8) is 0 Å². The van der Waals surface area contributed by atoms with Crippen molar-refractivity contribution in [3.05, 3.63) is 28.2 Å². The molecule has 0 N–H and O–H groups in total. The van der Waals surface area contributed by atoms with E-state index in [1.54, 1.807) is 6.07 Å². The van der Waals surface area contributed by atoms with E-state index in [4.69, 9.17) is 16.3 Å². The minimum absolute atomic E-state index is 0.476. The molecule has 0 fully saturated rings. The summed E-state index contributed by atoms with van der Waals surface area (Å²) in [6, 6.07) is 5.38. The third kappa shape index (κ3) is 2.50. The lowest BCUT2D eigenvalue weighted by molar-refractivity contribution is 0.225. The minimum Gasteiger partial charge on any atom is -0.414 e. The monoisotopic (exact) mass is 248 g/mol. The minimum atomic E-state index is -0.823. The van der Waals surface area contributed by atoms with Gasteiger partial charge >= 0.3 is 5.43 Å². The molecule has 0 heterocycles. The maximum Gasteiger partial charge on any atom is 0.409 e. The Bertz CT molecular complexity index is 312. The predicted octanol–water partition coefficient (Wildman–Crippen LogP) is 3.50. The van der Waals surface area contributed by atoms with Crippen LogP contribution >= 0.6 is 27.5 Å². The molecule has 64 valence electrons. The van der Waals surface area contributed by atoms with E-state index in [0.29, 0.717) is 5.75 Å². The van der Waals surface area contributed by atoms with E-state index in [1.165, 1.54) is 0 Å². The number of ether oxygens (including phenoxy) is 1. The van der Waals surface area contributed by atoms with Gasteiger partial charge in [-0.1, -0.05) is 22.0 Å². The molecule has 0 spiro atoms. The standard InChI is InChI=1S/C8H6BrClO2/c1-5-2-3-6(9)4-7(5)12-8(10)11/h2-4H,1H3. The molecule has 0 aliphatic carbocycles. The topological polar surface area (TPSA) is 26.3 Å². The molecule has 0 unspecified atom stereocenters. The van der Waals surface area contributed by atoms with Crippen LogP contribution in [0.15, 0.2) is 22.7 Å². The first-order valence-corrected chi connectivity index (χ1v) is 4.40. The number of hydrogen-bond donors (Lipinski definition) is 0. The quantitative estimate of drug-likeness (QED) is 0.712. The van der Waals surface area contributed by atoms with Crippen LogP contribution < -0.4 is 4.74 Å². The molecule has 0 saturated heterocycles. The van der Waals surface area contributed by atoms with E-state index in [0.717, 1.165) is 10.0 Å². The molecular formula is C8H6BrClO2. The van der Waals surface area contributed by atoms with Gasteiger partial charge in [0.15, 0.2) is 0 Å². The third-order valence-corrected chi connectivity index (χ3v) is 1.91. The van der Waals surface area contributed by atoms with Crippen molar-refractivity contribution in [1.29, 1.82) is 0 Å². The summed E-state index contributed by atoms with van der Waals surface area (Å²) >= 11 is 8.31. The number of carbonyl (C=O) groups excluding carboxylic acids is 1. The molecule has 1 rings (SSSR count). The number of carbonyl (C=O) groups is 1. The summed E-state index contributed by atoms with van der Waals surface area (Å²) in [6.07, 6.45) is 0. The summed E-state index contributed by atoms with van der Waals surface area (Å²) in [5.74, 6) is 0.476. The summed E-state index contributed by atoms with van der Waals surface area (Å²) in [5.41, 5.74) is 0.0448. The van der Waals surface area contributed by atoms with Crippen LogP contribution in [-0.2, 0) is 0 Å². The van der Waals surface area contributed by atoms with Gasteiger partial charge in [-0.3, -0.25) is 0 Å². The lowest BCUT2D eigenvalue weighted by Gasteiger charge is -2.03. The van der Waals surface area contributed by atoms with Gasteiger partial charge in [-0.25, -0.2) is 4.79 Å². The van der Waals surface area contributed by atoms with Crippen LogP contribution in [0.5, 0.6) is 5.75 Å². The SMILES string of the molecule is Cc1ccc(Br)cc1OC(=O)Cl. The van der Waals surface area contributed by atoms with Gasteiger partial charge in [0, 0.05) is 16.1 Å². The Hall–Kier alpha value is -0.540. The third-order valence-electron chi connectivity index (χ3n) is 1.34. The summed E-state index contributed by atoms with van der Waals surface area (Å²) in [4.78, 5) is 10.4. The average molecular weight is 249 g/mol. The predicted molar refractivity (Wildman–Crippen MR) is 50.8 cm³/mol. The largest absolute Gasteiger partial charge is 0.414 e.